The summed E-state index contributed by atoms with van der Waals surface area (Å²) in [6, 6.07) is 3.91. The molecule has 0 aliphatic carbocycles. The van der Waals surface area contributed by atoms with E-state index in [2.05, 4.69) is 11.8 Å². The summed E-state index contributed by atoms with van der Waals surface area (Å²) in [7, 11) is -2.25. The predicted octanol–water partition coefficient (Wildman–Crippen LogP) is 1.06. The fraction of sp³-hybridized carbons (Fsp3) is 0.591. The Morgan fingerprint density at radius 2 is 2.06 bits per heavy atom. The lowest BCUT2D eigenvalue weighted by molar-refractivity contribution is -0.131. The number of sulfonamides is 1. The first kappa shape index (κ1) is 25.1. The highest BCUT2D eigenvalue weighted by Gasteiger charge is 2.38. The van der Waals surface area contributed by atoms with Gasteiger partial charge < -0.3 is 19.8 Å². The molecule has 0 radical (unpaired) electrons. The second-order valence-corrected chi connectivity index (χ2v) is 9.83. The molecule has 0 fully saturated rings. The van der Waals surface area contributed by atoms with E-state index in [1.54, 1.807) is 31.9 Å². The van der Waals surface area contributed by atoms with Gasteiger partial charge in [-0.2, -0.15) is 4.31 Å². The van der Waals surface area contributed by atoms with Gasteiger partial charge in [0.15, 0.2) is 0 Å². The number of carbonyl (C=O) groups excluding carboxylic acids is 1. The molecule has 1 aliphatic heterocycles. The van der Waals surface area contributed by atoms with Crippen LogP contribution in [0.4, 0.5) is 0 Å². The van der Waals surface area contributed by atoms with Crippen molar-refractivity contribution in [3.8, 4) is 17.6 Å². The number of ether oxygens (including phenoxy) is 1. The van der Waals surface area contributed by atoms with Gasteiger partial charge in [-0.15, -0.1) is 0 Å². The van der Waals surface area contributed by atoms with Gasteiger partial charge in [-0.3, -0.25) is 4.79 Å². The monoisotopic (exact) mass is 452 g/mol. The van der Waals surface area contributed by atoms with E-state index in [9.17, 15) is 23.4 Å². The van der Waals surface area contributed by atoms with Gasteiger partial charge >= 0.3 is 0 Å². The molecule has 0 saturated heterocycles. The van der Waals surface area contributed by atoms with Crippen molar-refractivity contribution in [1.29, 1.82) is 0 Å². The Balaban J connectivity index is 2.58. The van der Waals surface area contributed by atoms with Gasteiger partial charge in [0.25, 0.3) is 0 Å². The molecule has 4 atom stereocenters. The summed E-state index contributed by atoms with van der Waals surface area (Å²) in [6.07, 6.45) is -0.938. The number of rotatable bonds is 5. The summed E-state index contributed by atoms with van der Waals surface area (Å²) in [5, 5.41) is 19.1. The molecule has 2 rings (SSSR count). The Morgan fingerprint density at radius 1 is 1.39 bits per heavy atom. The molecule has 0 saturated carbocycles. The third kappa shape index (κ3) is 5.98. The SMILES string of the molecule is CCC(=O)N(C)C[C@@H]1Oc2cc(C#C[C@@H](C)O)ccc2S(=O)(=O)N([C@H](C)CO)C[C@@H]1C. The first-order valence-corrected chi connectivity index (χ1v) is 11.8. The van der Waals surface area contributed by atoms with Crippen LogP contribution in [-0.4, -0.2) is 78.7 Å². The third-order valence-corrected chi connectivity index (χ3v) is 7.29. The number of amides is 1. The van der Waals surface area contributed by atoms with Gasteiger partial charge in [0, 0.05) is 37.5 Å². The van der Waals surface area contributed by atoms with Crippen LogP contribution in [0.3, 0.4) is 0 Å². The number of carbonyl (C=O) groups is 1. The second-order valence-electron chi connectivity index (χ2n) is 7.97. The lowest BCUT2D eigenvalue weighted by atomic mass is 10.0. The molecule has 1 amide bonds. The molecule has 1 heterocycles. The van der Waals surface area contributed by atoms with Crippen LogP contribution in [-0.2, 0) is 14.8 Å². The highest BCUT2D eigenvalue weighted by Crippen LogP contribution is 2.34. The van der Waals surface area contributed by atoms with Gasteiger partial charge in [-0.05, 0) is 32.0 Å². The average molecular weight is 453 g/mol. The van der Waals surface area contributed by atoms with Gasteiger partial charge in [-0.25, -0.2) is 8.42 Å². The summed E-state index contributed by atoms with van der Waals surface area (Å²) < 4.78 is 34.2. The Labute approximate surface area is 184 Å². The second kappa shape index (κ2) is 10.5. The minimum absolute atomic E-state index is 0.0169. The van der Waals surface area contributed by atoms with E-state index in [1.807, 2.05) is 6.92 Å². The molecule has 8 nitrogen and oxygen atoms in total. The number of benzene rings is 1. The van der Waals surface area contributed by atoms with Crippen LogP contribution in [0.15, 0.2) is 23.1 Å². The maximum atomic E-state index is 13.4. The van der Waals surface area contributed by atoms with Crippen LogP contribution in [0, 0.1) is 17.8 Å². The van der Waals surface area contributed by atoms with Crippen LogP contribution in [0.5, 0.6) is 5.75 Å². The van der Waals surface area contributed by atoms with Crippen LogP contribution < -0.4 is 4.74 Å². The zero-order chi connectivity index (χ0) is 23.3. The van der Waals surface area contributed by atoms with Crippen LogP contribution in [0.1, 0.15) is 39.7 Å². The topological polar surface area (TPSA) is 107 Å². The van der Waals surface area contributed by atoms with Crippen molar-refractivity contribution in [2.75, 3.05) is 26.7 Å². The normalized spacial score (nSPS) is 22.5. The molecule has 0 spiro atoms. The summed E-state index contributed by atoms with van der Waals surface area (Å²) in [6.45, 7) is 6.94. The van der Waals surface area contributed by atoms with Crippen molar-refractivity contribution < 1.29 is 28.2 Å². The molecule has 1 aromatic carbocycles. The Bertz CT molecular complexity index is 950. The number of aliphatic hydroxyl groups excluding tert-OH is 2. The molecule has 0 bridgehead atoms. The molecule has 0 aromatic heterocycles. The quantitative estimate of drug-likeness (QED) is 0.647. The largest absolute Gasteiger partial charge is 0.487 e. The number of aliphatic hydroxyl groups is 2. The van der Waals surface area contributed by atoms with E-state index >= 15 is 0 Å². The molecule has 31 heavy (non-hydrogen) atoms. The van der Waals surface area contributed by atoms with E-state index in [1.165, 1.54) is 23.4 Å². The Hall–Kier alpha value is -2.12. The van der Waals surface area contributed by atoms with Crippen LogP contribution >= 0.6 is 0 Å². The minimum atomic E-state index is -3.94. The van der Waals surface area contributed by atoms with Crippen molar-refractivity contribution in [3.63, 3.8) is 0 Å². The molecule has 172 valence electrons. The average Bonchev–Trinajstić information content (AvgIpc) is 2.73. The van der Waals surface area contributed by atoms with E-state index < -0.39 is 28.3 Å². The first-order valence-electron chi connectivity index (χ1n) is 10.4. The number of likely N-dealkylation sites (N-methyl/N-ethyl adjacent to an activating group) is 1. The van der Waals surface area contributed by atoms with Gasteiger partial charge in [0.2, 0.25) is 15.9 Å². The fourth-order valence-corrected chi connectivity index (χ4v) is 5.18. The lowest BCUT2D eigenvalue weighted by Crippen LogP contribution is -2.50. The summed E-state index contributed by atoms with van der Waals surface area (Å²) >= 11 is 0. The van der Waals surface area contributed by atoms with Crippen molar-refractivity contribution in [2.24, 2.45) is 5.92 Å². The smallest absolute Gasteiger partial charge is 0.247 e. The molecule has 2 N–H and O–H groups in total. The third-order valence-electron chi connectivity index (χ3n) is 5.27. The molecular formula is C22H32N2O6S. The Kier molecular flexibility index (Phi) is 8.49. The molecule has 1 aliphatic rings. The zero-order valence-electron chi connectivity index (χ0n) is 18.7. The summed E-state index contributed by atoms with van der Waals surface area (Å²) in [5.41, 5.74) is 0.501. The van der Waals surface area contributed by atoms with Crippen molar-refractivity contribution in [1.82, 2.24) is 9.21 Å². The number of fused-ring (bicyclic) bond motifs is 1. The maximum absolute atomic E-state index is 13.4. The molecular weight excluding hydrogens is 420 g/mol. The zero-order valence-corrected chi connectivity index (χ0v) is 19.5. The van der Waals surface area contributed by atoms with Crippen molar-refractivity contribution in [2.45, 2.75) is 57.3 Å². The van der Waals surface area contributed by atoms with Crippen molar-refractivity contribution >= 4 is 15.9 Å². The highest BCUT2D eigenvalue weighted by molar-refractivity contribution is 7.89. The fourth-order valence-electron chi connectivity index (χ4n) is 3.35. The molecule has 0 unspecified atom stereocenters. The standard InChI is InChI=1S/C22H32N2O6S/c1-6-22(27)23(5)13-20-15(2)12-24(16(3)14-25)31(28,29)21-10-9-18(8-7-17(4)26)11-19(21)30-20/h9-11,15-17,20,25-26H,6,12-14H2,1-5H3/t15-,16+,17+,20-/m0/s1. The van der Waals surface area contributed by atoms with Crippen molar-refractivity contribution in [3.05, 3.63) is 23.8 Å². The number of hydrogen-bond acceptors (Lipinski definition) is 6. The van der Waals surface area contributed by atoms with E-state index in [0.29, 0.717) is 12.0 Å². The summed E-state index contributed by atoms with van der Waals surface area (Å²) in [4.78, 5) is 13.7. The first-order chi connectivity index (χ1) is 14.5. The molecule has 1 aromatic rings. The van der Waals surface area contributed by atoms with E-state index in [0.717, 1.165) is 0 Å². The van der Waals surface area contributed by atoms with Crippen LogP contribution in [0.2, 0.25) is 0 Å². The predicted molar refractivity (Wildman–Crippen MR) is 117 cm³/mol. The summed E-state index contributed by atoms with van der Waals surface area (Å²) in [5.74, 6) is 5.28. The maximum Gasteiger partial charge on any atom is 0.247 e. The number of nitrogens with zero attached hydrogens (tertiary/aromatic N) is 2. The molecule has 9 heteroatoms. The van der Waals surface area contributed by atoms with Crippen LogP contribution in [0.25, 0.3) is 0 Å². The van der Waals surface area contributed by atoms with E-state index in [4.69, 9.17) is 4.74 Å². The Morgan fingerprint density at radius 3 is 2.65 bits per heavy atom. The minimum Gasteiger partial charge on any atom is -0.487 e. The van der Waals surface area contributed by atoms with Gasteiger partial charge in [-0.1, -0.05) is 25.7 Å². The van der Waals surface area contributed by atoms with E-state index in [-0.39, 0.29) is 42.2 Å². The van der Waals surface area contributed by atoms with Gasteiger partial charge in [0.05, 0.1) is 13.2 Å². The lowest BCUT2D eigenvalue weighted by Gasteiger charge is -2.37. The van der Waals surface area contributed by atoms with Gasteiger partial charge in [0.1, 0.15) is 22.9 Å². The number of hydrogen-bond donors (Lipinski definition) is 2. The highest BCUT2D eigenvalue weighted by atomic mass is 32.2.